The molecule has 0 spiro atoms. The molecule has 0 bridgehead atoms. The van der Waals surface area contributed by atoms with Crippen molar-refractivity contribution in [1.82, 2.24) is 19.8 Å². The maximum atomic E-state index is 13.6. The highest BCUT2D eigenvalue weighted by Gasteiger charge is 2.37. The van der Waals surface area contributed by atoms with Crippen LogP contribution in [0.1, 0.15) is 23.9 Å². The molecule has 0 aliphatic carbocycles. The van der Waals surface area contributed by atoms with Crippen LogP contribution in [-0.4, -0.2) is 33.4 Å². The van der Waals surface area contributed by atoms with Gasteiger partial charge in [-0.3, -0.25) is 0 Å². The maximum Gasteiger partial charge on any atom is 0.453 e. The summed E-state index contributed by atoms with van der Waals surface area (Å²) in [5, 5.41) is 10.9. The van der Waals surface area contributed by atoms with Gasteiger partial charge in [0.1, 0.15) is 23.5 Å². The molecular weight excluding hydrogens is 498 g/mol. The highest BCUT2D eigenvalue weighted by Crippen LogP contribution is 2.30. The molecule has 1 atom stereocenters. The zero-order valence-electron chi connectivity index (χ0n) is 20.3. The minimum absolute atomic E-state index is 0.000877. The van der Waals surface area contributed by atoms with E-state index in [0.29, 0.717) is 29.0 Å². The first-order chi connectivity index (χ1) is 18.3. The first-order valence-corrected chi connectivity index (χ1v) is 11.9. The molecule has 0 amide bonds. The van der Waals surface area contributed by atoms with Gasteiger partial charge in [0.05, 0.1) is 0 Å². The van der Waals surface area contributed by atoms with E-state index in [2.05, 4.69) is 15.3 Å². The summed E-state index contributed by atoms with van der Waals surface area (Å²) in [6.07, 6.45) is -4.66. The molecule has 5 rings (SSSR count). The highest BCUT2D eigenvalue weighted by atomic mass is 19.4. The van der Waals surface area contributed by atoms with Crippen LogP contribution in [-0.2, 0) is 6.18 Å². The van der Waals surface area contributed by atoms with E-state index in [1.54, 1.807) is 30.1 Å². The first kappa shape index (κ1) is 25.2. The number of nitrogens with zero attached hydrogens (tertiary/aromatic N) is 5. The van der Waals surface area contributed by atoms with Gasteiger partial charge in [0.2, 0.25) is 0 Å². The lowest BCUT2D eigenvalue weighted by Crippen LogP contribution is -2.24. The summed E-state index contributed by atoms with van der Waals surface area (Å²) in [5.41, 5.74) is 2.90. The molecule has 2 aromatic heterocycles. The van der Waals surface area contributed by atoms with Crippen molar-refractivity contribution in [2.75, 3.05) is 18.5 Å². The molecule has 0 aliphatic rings. The second-order valence-corrected chi connectivity index (χ2v) is 8.74. The van der Waals surface area contributed by atoms with Crippen molar-refractivity contribution in [1.29, 1.82) is 0 Å². The summed E-state index contributed by atoms with van der Waals surface area (Å²) >= 11 is 0. The summed E-state index contributed by atoms with van der Waals surface area (Å²) in [6.45, 7) is 0.395. The van der Waals surface area contributed by atoms with E-state index >= 15 is 0 Å². The topological polar surface area (TPSA) is 55.5 Å². The van der Waals surface area contributed by atoms with Crippen LogP contribution in [0.15, 0.2) is 91.0 Å². The molecule has 10 heteroatoms. The average molecular weight is 522 g/mol. The Balaban J connectivity index is 1.34. The number of benzene rings is 3. The fourth-order valence-electron chi connectivity index (χ4n) is 4.08. The second kappa shape index (κ2) is 10.5. The molecule has 1 unspecified atom stereocenters. The predicted molar refractivity (Wildman–Crippen MR) is 135 cm³/mol. The van der Waals surface area contributed by atoms with Crippen molar-refractivity contribution in [3.63, 3.8) is 0 Å². The third-order valence-electron chi connectivity index (χ3n) is 6.10. The summed E-state index contributed by atoms with van der Waals surface area (Å²) in [7, 11) is 1.72. The Kier molecular flexibility index (Phi) is 6.95. The van der Waals surface area contributed by atoms with Crippen LogP contribution in [0.2, 0.25) is 0 Å². The summed E-state index contributed by atoms with van der Waals surface area (Å²) in [6, 6.07) is 26.7. The maximum absolute atomic E-state index is 13.6. The van der Waals surface area contributed by atoms with Crippen molar-refractivity contribution in [2.45, 2.75) is 18.7 Å². The van der Waals surface area contributed by atoms with E-state index < -0.39 is 18.1 Å². The fraction of sp³-hybridized carbons (Fsp3) is 0.179. The predicted octanol–water partition coefficient (Wildman–Crippen LogP) is 6.60. The van der Waals surface area contributed by atoms with Crippen LogP contribution in [0.5, 0.6) is 5.75 Å². The van der Waals surface area contributed by atoms with Gasteiger partial charge in [-0.05, 0) is 53.1 Å². The molecule has 0 N–H and O–H groups in total. The Bertz CT molecular complexity index is 1500. The van der Waals surface area contributed by atoms with Crippen molar-refractivity contribution in [3.8, 4) is 16.9 Å². The molecule has 0 saturated heterocycles. The number of hydrogen-bond acceptors (Lipinski definition) is 5. The van der Waals surface area contributed by atoms with E-state index in [9.17, 15) is 17.6 Å². The van der Waals surface area contributed by atoms with E-state index in [0.717, 1.165) is 16.7 Å². The fourth-order valence-corrected chi connectivity index (χ4v) is 4.08. The molecule has 6 nitrogen and oxygen atoms in total. The number of fused-ring (bicyclic) bond motifs is 1. The van der Waals surface area contributed by atoms with Gasteiger partial charge in [-0.25, -0.2) is 4.39 Å². The zero-order valence-corrected chi connectivity index (χ0v) is 20.3. The van der Waals surface area contributed by atoms with Crippen LogP contribution in [0, 0.1) is 5.82 Å². The molecule has 38 heavy (non-hydrogen) atoms. The molecule has 0 fully saturated rings. The van der Waals surface area contributed by atoms with E-state index in [4.69, 9.17) is 4.74 Å². The van der Waals surface area contributed by atoms with Crippen molar-refractivity contribution in [3.05, 3.63) is 108 Å². The molecule has 0 radical (unpaired) electrons. The molecule has 3 aromatic carbocycles. The molecule has 5 aromatic rings. The minimum atomic E-state index is -4.68. The zero-order chi connectivity index (χ0) is 26.7. The van der Waals surface area contributed by atoms with Gasteiger partial charge in [-0.2, -0.15) is 17.7 Å². The molecular formula is C28H23F4N5O. The molecule has 194 valence electrons. The Morgan fingerprint density at radius 1 is 0.842 bits per heavy atom. The largest absolute Gasteiger partial charge is 0.486 e. The minimum Gasteiger partial charge on any atom is -0.486 e. The summed E-state index contributed by atoms with van der Waals surface area (Å²) in [4.78, 5) is 1.72. The first-order valence-electron chi connectivity index (χ1n) is 11.9. The van der Waals surface area contributed by atoms with Gasteiger partial charge in [0.15, 0.2) is 5.65 Å². The van der Waals surface area contributed by atoms with Crippen molar-refractivity contribution < 1.29 is 22.3 Å². The number of hydrogen-bond donors (Lipinski definition) is 0. The quantitative estimate of drug-likeness (QED) is 0.216. The summed E-state index contributed by atoms with van der Waals surface area (Å²) in [5.74, 6) is -0.591. The van der Waals surface area contributed by atoms with Gasteiger partial charge >= 0.3 is 6.18 Å². The van der Waals surface area contributed by atoms with Gasteiger partial charge < -0.3 is 9.64 Å². The van der Waals surface area contributed by atoms with Crippen LogP contribution >= 0.6 is 0 Å². The van der Waals surface area contributed by atoms with E-state index in [1.165, 1.54) is 18.2 Å². The third-order valence-corrected chi connectivity index (χ3v) is 6.10. The number of anilines is 1. The van der Waals surface area contributed by atoms with Crippen LogP contribution in [0.4, 0.5) is 23.4 Å². The van der Waals surface area contributed by atoms with Crippen molar-refractivity contribution >= 4 is 11.5 Å². The lowest BCUT2D eigenvalue weighted by atomic mass is 10.0. The van der Waals surface area contributed by atoms with E-state index in [1.807, 2.05) is 54.6 Å². The number of halogens is 4. The van der Waals surface area contributed by atoms with Crippen LogP contribution < -0.4 is 9.64 Å². The van der Waals surface area contributed by atoms with E-state index in [-0.39, 0.29) is 11.5 Å². The molecule has 0 saturated carbocycles. The number of alkyl halides is 3. The smallest absolute Gasteiger partial charge is 0.453 e. The third kappa shape index (κ3) is 5.59. The second-order valence-electron chi connectivity index (χ2n) is 8.74. The lowest BCUT2D eigenvalue weighted by Gasteiger charge is -2.24. The van der Waals surface area contributed by atoms with Gasteiger partial charge in [-0.15, -0.1) is 15.3 Å². The number of aromatic nitrogens is 4. The van der Waals surface area contributed by atoms with Gasteiger partial charge in [-0.1, -0.05) is 54.6 Å². The molecule has 0 aliphatic heterocycles. The van der Waals surface area contributed by atoms with Crippen LogP contribution in [0.3, 0.4) is 0 Å². The van der Waals surface area contributed by atoms with Crippen molar-refractivity contribution in [2.24, 2.45) is 0 Å². The van der Waals surface area contributed by atoms with Gasteiger partial charge in [0.25, 0.3) is 5.82 Å². The number of ether oxygens (including phenoxy) is 1. The molecule has 2 heterocycles. The SMILES string of the molecule is CN(CCC(Oc1ccc(-c2ccccc2)cc1)c1ccc(F)cc1)c1ccc2nnc(C(F)(F)F)n2n1. The van der Waals surface area contributed by atoms with Gasteiger partial charge in [0, 0.05) is 20.0 Å². The normalized spacial score (nSPS) is 12.4. The Morgan fingerprint density at radius 3 is 2.21 bits per heavy atom. The standard InChI is InChI=1S/C28H23F4N5O/c1-36(26-16-15-25-33-34-27(28(30,31)32)37(25)35-26)18-17-24(21-7-11-22(29)12-8-21)38-23-13-9-20(10-14-23)19-5-3-2-4-6-19/h2-16,24H,17-18H2,1H3. The average Bonchev–Trinajstić information content (AvgIpc) is 3.36. The Morgan fingerprint density at radius 2 is 1.53 bits per heavy atom. The Labute approximate surface area is 216 Å². The Hall–Kier alpha value is -4.47. The van der Waals surface area contributed by atoms with Crippen LogP contribution in [0.25, 0.3) is 16.8 Å². The monoisotopic (exact) mass is 521 g/mol. The summed E-state index contributed by atoms with van der Waals surface area (Å²) < 4.78 is 60.4. The number of rotatable bonds is 8. The lowest BCUT2D eigenvalue weighted by molar-refractivity contribution is -0.146. The highest BCUT2D eigenvalue weighted by molar-refractivity contribution is 5.63.